The number of hydrogen-bond acceptors (Lipinski definition) is 6. The fraction of sp³-hybridized carbons (Fsp3) is 0.625. The van der Waals surface area contributed by atoms with Crippen molar-refractivity contribution < 1.29 is 47.1 Å². The summed E-state index contributed by atoms with van der Waals surface area (Å²) in [5.41, 5.74) is 2.73. The molecule has 27 heavy (non-hydrogen) atoms. The van der Waals surface area contributed by atoms with Crippen LogP contribution in [0.2, 0.25) is 0 Å². The van der Waals surface area contributed by atoms with E-state index in [-0.39, 0.29) is 29.6 Å². The normalized spacial score (nSPS) is 13.1. The molecule has 0 aliphatic rings. The molecule has 2 atom stereocenters. The molecule has 0 spiro atoms. The first-order valence-corrected chi connectivity index (χ1v) is 15.8. The van der Waals surface area contributed by atoms with Crippen LogP contribution >= 0.6 is 43.2 Å². The van der Waals surface area contributed by atoms with Crippen LogP contribution in [0.5, 0.6) is 0 Å². The zero-order valence-electron chi connectivity index (χ0n) is 15.5. The standard InChI is InChI=1S/C16H26O4S6.Na/c17-25(18)11-5-3-9-21-23-13-15-7-1-2-8-16(15)14-24-22-10-4-6-12-26(19)20;/h1-2,7-8H,3-6,9-14H2,(H,17,18)(H,19,20);/q;+1. The second-order valence-electron chi connectivity index (χ2n) is 5.40. The Morgan fingerprint density at radius 1 is 0.704 bits per heavy atom. The van der Waals surface area contributed by atoms with E-state index >= 15 is 0 Å². The van der Waals surface area contributed by atoms with Crippen LogP contribution in [-0.4, -0.2) is 40.5 Å². The van der Waals surface area contributed by atoms with Crippen molar-refractivity contribution >= 4 is 65.3 Å². The molecule has 4 nitrogen and oxygen atoms in total. The maximum absolute atomic E-state index is 10.6. The molecule has 0 amide bonds. The molecule has 2 unspecified atom stereocenters. The molecule has 0 aliphatic carbocycles. The van der Waals surface area contributed by atoms with Crippen molar-refractivity contribution in [3.63, 3.8) is 0 Å². The summed E-state index contributed by atoms with van der Waals surface area (Å²) in [6, 6.07) is 8.51. The first-order chi connectivity index (χ1) is 12.6. The van der Waals surface area contributed by atoms with Crippen molar-refractivity contribution in [1.82, 2.24) is 0 Å². The summed E-state index contributed by atoms with van der Waals surface area (Å²) in [6.45, 7) is 0. The topological polar surface area (TPSA) is 74.6 Å². The maximum atomic E-state index is 10.6. The predicted molar refractivity (Wildman–Crippen MR) is 124 cm³/mol. The third-order valence-electron chi connectivity index (χ3n) is 3.31. The number of rotatable bonds is 16. The zero-order chi connectivity index (χ0) is 19.0. The molecule has 1 aromatic rings. The van der Waals surface area contributed by atoms with Gasteiger partial charge in [-0.15, -0.1) is 0 Å². The summed E-state index contributed by atoms with van der Waals surface area (Å²) >= 11 is -3.32. The minimum atomic E-state index is -1.66. The van der Waals surface area contributed by atoms with Crippen LogP contribution in [0.3, 0.4) is 0 Å². The summed E-state index contributed by atoms with van der Waals surface area (Å²) in [5, 5.41) is 0. The summed E-state index contributed by atoms with van der Waals surface area (Å²) in [5.74, 6) is 4.71. The van der Waals surface area contributed by atoms with Crippen molar-refractivity contribution in [2.75, 3.05) is 23.0 Å². The number of hydrogen-bond donors (Lipinski definition) is 2. The third kappa shape index (κ3) is 17.2. The molecule has 0 aliphatic heterocycles. The van der Waals surface area contributed by atoms with Gasteiger partial charge in [-0.05, 0) is 36.8 Å². The van der Waals surface area contributed by atoms with Gasteiger partial charge in [0.1, 0.15) is 0 Å². The van der Waals surface area contributed by atoms with Gasteiger partial charge in [-0.25, -0.2) is 8.42 Å². The van der Waals surface area contributed by atoms with Crippen molar-refractivity contribution in [2.24, 2.45) is 0 Å². The van der Waals surface area contributed by atoms with Crippen molar-refractivity contribution in [2.45, 2.75) is 37.2 Å². The van der Waals surface area contributed by atoms with Crippen LogP contribution < -0.4 is 29.6 Å². The second kappa shape index (κ2) is 19.8. The van der Waals surface area contributed by atoms with Crippen LogP contribution in [0, 0.1) is 0 Å². The Morgan fingerprint density at radius 3 is 1.48 bits per heavy atom. The molecule has 0 heterocycles. The minimum Gasteiger partial charge on any atom is -0.306 e. The van der Waals surface area contributed by atoms with Gasteiger partial charge in [0.25, 0.3) is 0 Å². The van der Waals surface area contributed by atoms with E-state index in [0.29, 0.717) is 11.5 Å². The van der Waals surface area contributed by atoms with E-state index in [2.05, 4.69) is 24.3 Å². The Kier molecular flexibility index (Phi) is 21.1. The maximum Gasteiger partial charge on any atom is 1.00 e. The van der Waals surface area contributed by atoms with Gasteiger partial charge in [0, 0.05) is 34.5 Å². The largest absolute Gasteiger partial charge is 1.00 e. The smallest absolute Gasteiger partial charge is 0.306 e. The molecular weight excluding hydrogens is 472 g/mol. The Balaban J connectivity index is 0.00000676. The molecule has 0 fully saturated rings. The average molecular weight is 498 g/mol. The molecular formula is C16H26NaO4S6+. The van der Waals surface area contributed by atoms with Crippen molar-refractivity contribution in [3.05, 3.63) is 35.4 Å². The molecule has 0 aromatic heterocycles. The quantitative estimate of drug-likeness (QED) is 0.156. The molecule has 0 saturated carbocycles. The number of unbranched alkanes of at least 4 members (excludes halogenated alkanes) is 2. The van der Waals surface area contributed by atoms with Gasteiger partial charge in [-0.3, -0.25) is 0 Å². The molecule has 1 aromatic carbocycles. The van der Waals surface area contributed by atoms with E-state index in [1.54, 1.807) is 0 Å². The van der Waals surface area contributed by atoms with Crippen LogP contribution in [0.25, 0.3) is 0 Å². The third-order valence-corrected chi connectivity index (χ3v) is 9.39. The van der Waals surface area contributed by atoms with E-state index in [9.17, 15) is 8.42 Å². The van der Waals surface area contributed by atoms with Crippen LogP contribution in [0.1, 0.15) is 36.8 Å². The van der Waals surface area contributed by atoms with Gasteiger partial charge in [0.2, 0.25) is 0 Å². The van der Waals surface area contributed by atoms with Gasteiger partial charge >= 0.3 is 29.6 Å². The van der Waals surface area contributed by atoms with E-state index in [1.807, 2.05) is 43.2 Å². The Hall–Kier alpha value is 1.84. The second-order valence-corrected chi connectivity index (χ2v) is 12.7. The minimum absolute atomic E-state index is 0. The van der Waals surface area contributed by atoms with Gasteiger partial charge in [0.05, 0.1) is 0 Å². The van der Waals surface area contributed by atoms with Crippen LogP contribution in [0.15, 0.2) is 24.3 Å². The van der Waals surface area contributed by atoms with Gasteiger partial charge in [0.15, 0.2) is 22.2 Å². The molecule has 2 N–H and O–H groups in total. The van der Waals surface area contributed by atoms with E-state index < -0.39 is 22.2 Å². The fourth-order valence-corrected chi connectivity index (χ4v) is 7.38. The Morgan fingerprint density at radius 2 is 1.11 bits per heavy atom. The summed E-state index contributed by atoms with van der Waals surface area (Å²) in [7, 11) is 7.34. The zero-order valence-corrected chi connectivity index (χ0v) is 22.4. The molecule has 1 rings (SSSR count). The molecule has 150 valence electrons. The molecule has 0 bridgehead atoms. The fourth-order valence-electron chi connectivity index (χ4n) is 1.94. The summed E-state index contributed by atoms with van der Waals surface area (Å²) < 4.78 is 38.6. The summed E-state index contributed by atoms with van der Waals surface area (Å²) in [4.78, 5) is 0. The number of benzene rings is 1. The van der Waals surface area contributed by atoms with Gasteiger partial charge in [-0.1, -0.05) is 67.4 Å². The predicted octanol–water partition coefficient (Wildman–Crippen LogP) is 2.46. The van der Waals surface area contributed by atoms with Crippen molar-refractivity contribution in [3.8, 4) is 0 Å². The van der Waals surface area contributed by atoms with Gasteiger partial charge < -0.3 is 9.11 Å². The van der Waals surface area contributed by atoms with Gasteiger partial charge in [-0.2, -0.15) is 0 Å². The molecule has 0 radical (unpaired) electrons. The Labute approximate surface area is 206 Å². The first-order valence-electron chi connectivity index (χ1n) is 8.30. The van der Waals surface area contributed by atoms with Crippen LogP contribution in [-0.2, 0) is 33.7 Å². The summed E-state index contributed by atoms with van der Waals surface area (Å²) in [6.07, 6.45) is 3.55. The first kappa shape index (κ1) is 28.8. The van der Waals surface area contributed by atoms with E-state index in [1.165, 1.54) is 11.1 Å². The van der Waals surface area contributed by atoms with E-state index in [4.69, 9.17) is 9.11 Å². The Bertz CT molecular complexity index is 502. The molecule has 0 saturated heterocycles. The average Bonchev–Trinajstić information content (AvgIpc) is 2.60. The van der Waals surface area contributed by atoms with Crippen LogP contribution in [0.4, 0.5) is 0 Å². The van der Waals surface area contributed by atoms with E-state index in [0.717, 1.165) is 48.7 Å². The molecule has 11 heteroatoms. The van der Waals surface area contributed by atoms with Crippen molar-refractivity contribution in [1.29, 1.82) is 0 Å². The monoisotopic (exact) mass is 497 g/mol. The SMILES string of the molecule is O=S(O)CCCCSSCc1ccccc1CSSCCCCS(=O)O.[Na+].